The molecule has 0 unspecified atom stereocenters. The molecule has 5 saturated carbocycles. The number of H-pyrrole nitrogens is 1. The predicted molar refractivity (Wildman–Crippen MR) is 136 cm³/mol. The van der Waals surface area contributed by atoms with Crippen molar-refractivity contribution in [3.05, 3.63) is 11.5 Å². The molecule has 0 atom stereocenters. The molecule has 192 valence electrons. The molecule has 6 rings (SSSR count). The van der Waals surface area contributed by atoms with Crippen molar-refractivity contribution in [2.45, 2.75) is 75.4 Å². The first-order valence-electron chi connectivity index (χ1n) is 13.4. The fourth-order valence-electron chi connectivity index (χ4n) is 7.04. The van der Waals surface area contributed by atoms with Gasteiger partial charge in [0.2, 0.25) is 11.0 Å². The van der Waals surface area contributed by atoms with Crippen molar-refractivity contribution in [3.8, 4) is 0 Å². The van der Waals surface area contributed by atoms with Crippen LogP contribution in [0, 0.1) is 29.6 Å². The Morgan fingerprint density at radius 2 is 1.89 bits per heavy atom. The number of amides is 1. The molecule has 35 heavy (non-hydrogen) atoms. The first kappa shape index (κ1) is 24.6. The number of aliphatic imine (C=N–C) groups is 1. The quantitative estimate of drug-likeness (QED) is 0.140. The summed E-state index contributed by atoms with van der Waals surface area (Å²) < 4.78 is 6.32. The van der Waals surface area contributed by atoms with Crippen molar-refractivity contribution in [2.24, 2.45) is 34.6 Å². The molecular weight excluding hydrogens is 462 g/mol. The van der Waals surface area contributed by atoms with Crippen LogP contribution in [-0.4, -0.2) is 64.7 Å². The van der Waals surface area contributed by atoms with Crippen LogP contribution >= 0.6 is 11.8 Å². The lowest BCUT2D eigenvalue weighted by molar-refractivity contribution is -0.121. The van der Waals surface area contributed by atoms with Crippen molar-refractivity contribution >= 4 is 23.9 Å². The summed E-state index contributed by atoms with van der Waals surface area (Å²) in [5.74, 6) is 4.75. The number of hydrogen-bond acceptors (Lipinski definition) is 8. The van der Waals surface area contributed by atoms with Gasteiger partial charge in [0.15, 0.2) is 0 Å². The van der Waals surface area contributed by atoms with Crippen LogP contribution in [-0.2, 0) is 9.53 Å². The number of ether oxygens (including phenoxy) is 1. The molecule has 1 amide bonds. The van der Waals surface area contributed by atoms with E-state index in [4.69, 9.17) is 4.74 Å². The van der Waals surface area contributed by atoms with Gasteiger partial charge in [0.1, 0.15) is 5.57 Å². The van der Waals surface area contributed by atoms with E-state index in [0.717, 1.165) is 17.6 Å². The Kier molecular flexibility index (Phi) is 8.26. The molecule has 4 bridgehead atoms. The van der Waals surface area contributed by atoms with Gasteiger partial charge >= 0.3 is 0 Å². The van der Waals surface area contributed by atoms with Gasteiger partial charge in [-0.25, -0.2) is 0 Å². The molecule has 0 radical (unpaired) electrons. The van der Waals surface area contributed by atoms with Crippen LogP contribution in [0.4, 0.5) is 0 Å². The standard InChI is InChI=1S/C25H39N7O2S/c1-26-14-21(23(33)28-22-19-10-17-9-18(12-19)13-20(22)11-17)24(34-15-16-5-3-2-4-6-16)27-7-8-35-25-29-31-32-30-25/h14,16-20,22,27H,2-13,15H2,1H3,(H,28,33)(H,29,30,31,32)/b24-21-,26-14?. The van der Waals surface area contributed by atoms with Crippen LogP contribution in [0.5, 0.6) is 0 Å². The largest absolute Gasteiger partial charge is 0.478 e. The van der Waals surface area contributed by atoms with Gasteiger partial charge in [-0.05, 0) is 79.7 Å². The Hall–Kier alpha value is -2.10. The minimum Gasteiger partial charge on any atom is -0.478 e. The Morgan fingerprint density at radius 3 is 2.54 bits per heavy atom. The zero-order valence-corrected chi connectivity index (χ0v) is 21.6. The maximum absolute atomic E-state index is 13.6. The van der Waals surface area contributed by atoms with E-state index >= 15 is 0 Å². The van der Waals surface area contributed by atoms with Gasteiger partial charge in [-0.1, -0.05) is 31.0 Å². The molecule has 0 spiro atoms. The number of hydrogen-bond donors (Lipinski definition) is 3. The fraction of sp³-hybridized carbons (Fsp3) is 0.800. The van der Waals surface area contributed by atoms with E-state index < -0.39 is 0 Å². The highest BCUT2D eigenvalue weighted by molar-refractivity contribution is 7.99. The Balaban J connectivity index is 1.27. The normalized spacial score (nSPS) is 30.9. The molecule has 3 N–H and O–H groups in total. The zero-order chi connectivity index (χ0) is 24.0. The number of aromatic amines is 1. The first-order chi connectivity index (χ1) is 17.2. The summed E-state index contributed by atoms with van der Waals surface area (Å²) in [6.45, 7) is 1.25. The van der Waals surface area contributed by atoms with E-state index in [-0.39, 0.29) is 11.9 Å². The maximum Gasteiger partial charge on any atom is 0.258 e. The second-order valence-corrected chi connectivity index (χ2v) is 11.9. The number of aromatic nitrogens is 4. The average molecular weight is 502 g/mol. The molecule has 9 nitrogen and oxygen atoms in total. The lowest BCUT2D eigenvalue weighted by Crippen LogP contribution is -2.56. The fourth-order valence-corrected chi connectivity index (χ4v) is 7.63. The molecule has 1 aromatic rings. The summed E-state index contributed by atoms with van der Waals surface area (Å²) in [6.07, 6.45) is 14.4. The van der Waals surface area contributed by atoms with Crippen molar-refractivity contribution in [2.75, 3.05) is 26.0 Å². The van der Waals surface area contributed by atoms with E-state index in [9.17, 15) is 4.79 Å². The van der Waals surface area contributed by atoms with Crippen molar-refractivity contribution < 1.29 is 9.53 Å². The van der Waals surface area contributed by atoms with E-state index in [1.807, 2.05) is 0 Å². The third-order valence-corrected chi connectivity index (χ3v) is 9.24. The van der Waals surface area contributed by atoms with Crippen LogP contribution in [0.1, 0.15) is 64.2 Å². The van der Waals surface area contributed by atoms with Gasteiger partial charge < -0.3 is 15.4 Å². The lowest BCUT2D eigenvalue weighted by Gasteiger charge is -2.54. The minimum absolute atomic E-state index is 0.0648. The Bertz CT molecular complexity index is 870. The van der Waals surface area contributed by atoms with Gasteiger partial charge in [-0.2, -0.15) is 5.21 Å². The van der Waals surface area contributed by atoms with Gasteiger partial charge in [0.05, 0.1) is 6.61 Å². The van der Waals surface area contributed by atoms with Crippen molar-refractivity contribution in [3.63, 3.8) is 0 Å². The minimum atomic E-state index is -0.0648. The van der Waals surface area contributed by atoms with Crippen LogP contribution < -0.4 is 10.6 Å². The number of carbonyl (C=O) groups excluding carboxylic acids is 1. The van der Waals surface area contributed by atoms with Crippen LogP contribution in [0.25, 0.3) is 0 Å². The van der Waals surface area contributed by atoms with E-state index in [2.05, 4.69) is 36.3 Å². The lowest BCUT2D eigenvalue weighted by atomic mass is 9.54. The summed E-state index contributed by atoms with van der Waals surface area (Å²) in [6, 6.07) is 0.281. The summed E-state index contributed by atoms with van der Waals surface area (Å²) in [5.41, 5.74) is 0.502. The van der Waals surface area contributed by atoms with Crippen molar-refractivity contribution in [1.29, 1.82) is 0 Å². The molecule has 0 aliphatic heterocycles. The van der Waals surface area contributed by atoms with Crippen LogP contribution in [0.3, 0.4) is 0 Å². The highest BCUT2D eigenvalue weighted by Crippen LogP contribution is 2.53. The molecule has 0 saturated heterocycles. The highest BCUT2D eigenvalue weighted by atomic mass is 32.2. The Morgan fingerprint density at radius 1 is 1.14 bits per heavy atom. The molecule has 0 aromatic carbocycles. The summed E-state index contributed by atoms with van der Waals surface area (Å²) in [4.78, 5) is 17.8. The number of nitrogens with one attached hydrogen (secondary N) is 3. The molecule has 10 heteroatoms. The summed E-state index contributed by atoms with van der Waals surface area (Å²) >= 11 is 1.50. The van der Waals surface area contributed by atoms with Gasteiger partial charge in [-0.15, -0.1) is 10.2 Å². The second-order valence-electron chi connectivity index (χ2n) is 10.8. The molecule has 1 aromatic heterocycles. The van der Waals surface area contributed by atoms with E-state index in [0.29, 0.717) is 47.5 Å². The van der Waals surface area contributed by atoms with Gasteiger partial charge in [0.25, 0.3) is 5.91 Å². The zero-order valence-electron chi connectivity index (χ0n) is 20.7. The molecular formula is C25H39N7O2S. The number of nitrogens with zero attached hydrogens (tertiary/aromatic N) is 4. The number of tetrazole rings is 1. The third-order valence-electron chi connectivity index (χ3n) is 8.40. The Labute approximate surface area is 212 Å². The maximum atomic E-state index is 13.6. The third kappa shape index (κ3) is 6.19. The molecule has 5 aliphatic carbocycles. The first-order valence-corrected chi connectivity index (χ1v) is 14.4. The summed E-state index contributed by atoms with van der Waals surface area (Å²) in [7, 11) is 1.71. The van der Waals surface area contributed by atoms with Crippen LogP contribution in [0.2, 0.25) is 0 Å². The smallest absolute Gasteiger partial charge is 0.258 e. The SMILES string of the molecule is CN=C/C(C(=O)NC1C2CC3CC(C2)CC1C3)=C(\NCCSc1nn[nH]n1)OCC1CCCCC1. The number of carbonyl (C=O) groups is 1. The second kappa shape index (κ2) is 11.8. The number of thioether (sulfide) groups is 1. The predicted octanol–water partition coefficient (Wildman–Crippen LogP) is 3.33. The topological polar surface area (TPSA) is 117 Å². The van der Waals surface area contributed by atoms with E-state index in [1.165, 1.54) is 76.0 Å². The average Bonchev–Trinajstić information content (AvgIpc) is 3.38. The molecule has 1 heterocycles. The van der Waals surface area contributed by atoms with Gasteiger partial charge in [0, 0.05) is 31.6 Å². The van der Waals surface area contributed by atoms with E-state index in [1.54, 1.807) is 13.3 Å². The van der Waals surface area contributed by atoms with Crippen molar-refractivity contribution in [1.82, 2.24) is 31.3 Å². The molecule has 5 aliphatic rings. The summed E-state index contributed by atoms with van der Waals surface area (Å²) in [5, 5.41) is 21.5. The molecule has 5 fully saturated rings. The monoisotopic (exact) mass is 501 g/mol. The van der Waals surface area contributed by atoms with Crippen LogP contribution in [0.15, 0.2) is 21.6 Å². The number of rotatable bonds is 11. The van der Waals surface area contributed by atoms with Gasteiger partial charge in [-0.3, -0.25) is 9.79 Å². The highest BCUT2D eigenvalue weighted by Gasteiger charge is 2.48.